The van der Waals surface area contributed by atoms with Gasteiger partial charge in [0.05, 0.1) is 0 Å². The largest absolute Gasteiger partial charge is 1.00 e. The van der Waals surface area contributed by atoms with Gasteiger partial charge < -0.3 is 0 Å². The summed E-state index contributed by atoms with van der Waals surface area (Å²) in [7, 11) is -4.80. The molecule has 8 heteroatoms. The Bertz CT molecular complexity index is 437. The van der Waals surface area contributed by atoms with Crippen molar-refractivity contribution in [1.82, 2.24) is 4.98 Å². The summed E-state index contributed by atoms with van der Waals surface area (Å²) in [5.41, 5.74) is 0. The zero-order valence-electron chi connectivity index (χ0n) is 12.9. The van der Waals surface area contributed by atoms with Gasteiger partial charge in [0.1, 0.15) is 0 Å². The molecule has 0 unspecified atom stereocenters. The molecule has 1 aromatic heterocycles. The molecule has 132 valence electrons. The molecule has 0 aliphatic rings. The molecule has 0 N–H and O–H groups in total. The van der Waals surface area contributed by atoms with Crippen molar-refractivity contribution in [3.63, 3.8) is 0 Å². The van der Waals surface area contributed by atoms with Crippen molar-refractivity contribution in [1.29, 1.82) is 0 Å². The Hall–Kier alpha value is -0.330. The van der Waals surface area contributed by atoms with Gasteiger partial charge in [-0.3, -0.25) is 4.98 Å². The zero-order valence-corrected chi connectivity index (χ0v) is 16.7. The average molecular weight is 542 g/mol. The molecule has 23 heavy (non-hydrogen) atoms. The summed E-state index contributed by atoms with van der Waals surface area (Å²) < 4.78 is 34.0. The van der Waals surface area contributed by atoms with Gasteiger partial charge in [-0.05, 0) is 29.8 Å². The number of hydrogen-bond acceptors (Lipinski definition) is 5. The van der Waals surface area contributed by atoms with Crippen LogP contribution < -0.4 is 23.9 Å². The van der Waals surface area contributed by atoms with Crippen LogP contribution in [0.4, 0.5) is 0 Å². The maximum Gasteiger partial charge on any atom is 1.00 e. The third kappa shape index (κ3) is 17.9. The SMILES string of the molecule is CCP(CC)c1ccccc1.[Au+].[O-][Cl+3]([O-])([O-])[O-].c1ccncc1. The number of aromatic nitrogens is 1. The predicted molar refractivity (Wildman–Crippen MR) is 78.3 cm³/mol. The van der Waals surface area contributed by atoms with E-state index in [1.165, 1.54) is 12.3 Å². The zero-order chi connectivity index (χ0) is 16.8. The minimum Gasteiger partial charge on any atom is -0.265 e. The quantitative estimate of drug-likeness (QED) is 0.372. The molecule has 2 aromatic rings. The van der Waals surface area contributed by atoms with Crippen molar-refractivity contribution < 1.29 is 51.3 Å². The van der Waals surface area contributed by atoms with Crippen LogP contribution in [-0.2, 0) is 22.4 Å². The van der Waals surface area contributed by atoms with Crippen LogP contribution in [0, 0.1) is 10.2 Å². The first-order valence-electron chi connectivity index (χ1n) is 6.65. The second-order valence-corrected chi connectivity index (χ2v) is 7.53. The Morgan fingerprint density at radius 1 is 0.826 bits per heavy atom. The van der Waals surface area contributed by atoms with Crippen molar-refractivity contribution in [2.45, 2.75) is 13.8 Å². The summed E-state index contributed by atoms with van der Waals surface area (Å²) in [6, 6.07) is 16.6. The topological polar surface area (TPSA) is 105 Å². The fourth-order valence-corrected chi connectivity index (χ4v) is 3.31. The third-order valence-electron chi connectivity index (χ3n) is 2.45. The molecule has 0 saturated heterocycles. The molecule has 0 radical (unpaired) electrons. The van der Waals surface area contributed by atoms with E-state index >= 15 is 0 Å². The van der Waals surface area contributed by atoms with E-state index in [4.69, 9.17) is 18.6 Å². The first kappa shape index (κ1) is 24.9. The van der Waals surface area contributed by atoms with Gasteiger partial charge in [-0.1, -0.05) is 58.2 Å². The van der Waals surface area contributed by atoms with Gasteiger partial charge >= 0.3 is 22.4 Å². The minimum absolute atomic E-state index is 0. The van der Waals surface area contributed by atoms with Crippen LogP contribution in [0.3, 0.4) is 0 Å². The summed E-state index contributed by atoms with van der Waals surface area (Å²) in [5.74, 6) is 0. The second kappa shape index (κ2) is 15.2. The molecular weight excluding hydrogens is 522 g/mol. The normalized spacial score (nSPS) is 9.70. The van der Waals surface area contributed by atoms with Gasteiger partial charge in [0, 0.05) is 12.4 Å². The molecule has 0 aliphatic heterocycles. The third-order valence-corrected chi connectivity index (χ3v) is 5.01. The van der Waals surface area contributed by atoms with E-state index in [1.54, 1.807) is 17.7 Å². The van der Waals surface area contributed by atoms with Gasteiger partial charge in [0.15, 0.2) is 0 Å². The molecule has 0 aliphatic carbocycles. The van der Waals surface area contributed by atoms with Crippen LogP contribution in [-0.4, -0.2) is 17.3 Å². The number of hydrogen-bond donors (Lipinski definition) is 0. The number of halogens is 1. The Balaban J connectivity index is 0. The van der Waals surface area contributed by atoms with E-state index in [0.717, 1.165) is 0 Å². The summed E-state index contributed by atoms with van der Waals surface area (Å²) in [5, 5.41) is 1.55. The fourth-order valence-electron chi connectivity index (χ4n) is 1.54. The maximum atomic E-state index is 8.49. The monoisotopic (exact) mass is 541 g/mol. The molecule has 1 heterocycles. The summed E-state index contributed by atoms with van der Waals surface area (Å²) in [6.45, 7) is 4.56. The Labute approximate surface area is 156 Å². The molecular formula is C15H20AuClNO4P. The first-order chi connectivity index (χ1) is 10.4. The van der Waals surface area contributed by atoms with Crippen LogP contribution in [0.2, 0.25) is 0 Å². The Kier molecular flexibility index (Phi) is 16.5. The van der Waals surface area contributed by atoms with Crippen molar-refractivity contribution in [3.05, 3.63) is 60.9 Å². The van der Waals surface area contributed by atoms with Crippen LogP contribution >= 0.6 is 7.92 Å². The second-order valence-electron chi connectivity index (χ2n) is 3.91. The van der Waals surface area contributed by atoms with Gasteiger partial charge in [-0.2, -0.15) is 0 Å². The molecule has 1 aromatic carbocycles. The van der Waals surface area contributed by atoms with Gasteiger partial charge in [0.25, 0.3) is 0 Å². The smallest absolute Gasteiger partial charge is 0.265 e. The van der Waals surface area contributed by atoms with Crippen molar-refractivity contribution in [2.75, 3.05) is 12.3 Å². The van der Waals surface area contributed by atoms with Gasteiger partial charge in [-0.25, -0.2) is 18.6 Å². The molecule has 5 nitrogen and oxygen atoms in total. The van der Waals surface area contributed by atoms with E-state index in [0.29, 0.717) is 0 Å². The molecule has 0 atom stereocenters. The van der Waals surface area contributed by atoms with Gasteiger partial charge in [0.2, 0.25) is 0 Å². The average Bonchev–Trinajstić information content (AvgIpc) is 2.50. The first-order valence-corrected chi connectivity index (χ1v) is 9.59. The maximum absolute atomic E-state index is 8.49. The van der Waals surface area contributed by atoms with Crippen LogP contribution in [0.1, 0.15) is 13.8 Å². The van der Waals surface area contributed by atoms with Crippen molar-refractivity contribution in [3.8, 4) is 0 Å². The van der Waals surface area contributed by atoms with E-state index < -0.39 is 10.2 Å². The minimum atomic E-state index is -4.94. The Morgan fingerprint density at radius 2 is 1.22 bits per heavy atom. The molecule has 0 fully saturated rings. The number of pyridine rings is 1. The van der Waals surface area contributed by atoms with E-state index in [9.17, 15) is 0 Å². The predicted octanol–water partition coefficient (Wildman–Crippen LogP) is -0.843. The fraction of sp³-hybridized carbons (Fsp3) is 0.267. The molecule has 2 rings (SSSR count). The molecule has 0 saturated carbocycles. The summed E-state index contributed by atoms with van der Waals surface area (Å²) in [6.07, 6.45) is 6.13. The van der Waals surface area contributed by atoms with Crippen LogP contribution in [0.15, 0.2) is 60.9 Å². The molecule has 0 bridgehead atoms. The van der Waals surface area contributed by atoms with E-state index in [2.05, 4.69) is 49.2 Å². The van der Waals surface area contributed by atoms with Gasteiger partial charge in [-0.15, -0.1) is 10.2 Å². The summed E-state index contributed by atoms with van der Waals surface area (Å²) in [4.78, 5) is 3.78. The number of benzene rings is 1. The van der Waals surface area contributed by atoms with Crippen LogP contribution in [0.25, 0.3) is 0 Å². The molecule has 0 spiro atoms. The molecule has 0 amide bonds. The van der Waals surface area contributed by atoms with Crippen LogP contribution in [0.5, 0.6) is 0 Å². The van der Waals surface area contributed by atoms with Crippen molar-refractivity contribution in [2.24, 2.45) is 0 Å². The standard InChI is InChI=1S/C10H15P.C5H5N.Au.ClHO4/c1-3-11(4-2)10-8-6-5-7-9-10;1-2-4-6-5-3-1;;2-1(3,4)5/h5-9H,3-4H2,1-2H3;1-5H;;(H,2,3,4,5)/q;;+1;/p-1. The van der Waals surface area contributed by atoms with Crippen molar-refractivity contribution >= 4 is 13.2 Å². The Morgan fingerprint density at radius 3 is 1.48 bits per heavy atom. The number of rotatable bonds is 3. The summed E-state index contributed by atoms with van der Waals surface area (Å²) >= 11 is 0. The number of nitrogens with zero attached hydrogens (tertiary/aromatic N) is 1. The van der Waals surface area contributed by atoms with E-state index in [1.807, 2.05) is 18.2 Å². The van der Waals surface area contributed by atoms with E-state index in [-0.39, 0.29) is 30.3 Å².